The fourth-order valence-electron chi connectivity index (χ4n) is 2.70. The minimum atomic E-state index is -0.0125. The number of aromatic nitrogens is 2. The average Bonchev–Trinajstić information content (AvgIpc) is 3.14. The lowest BCUT2D eigenvalue weighted by atomic mass is 10.1. The van der Waals surface area contributed by atoms with E-state index in [1.54, 1.807) is 11.3 Å². The highest BCUT2D eigenvalue weighted by Gasteiger charge is 2.22. The molecule has 0 atom stereocenters. The lowest BCUT2D eigenvalue weighted by Gasteiger charge is -2.05. The highest BCUT2D eigenvalue weighted by atomic mass is 32.1. The number of carbonyl (C=O) groups excluding carboxylic acids is 1. The van der Waals surface area contributed by atoms with Gasteiger partial charge in [0.2, 0.25) is 17.6 Å². The summed E-state index contributed by atoms with van der Waals surface area (Å²) in [5, 5.41) is 10.8. The summed E-state index contributed by atoms with van der Waals surface area (Å²) in [6, 6.07) is 10.5. The van der Waals surface area contributed by atoms with Crippen molar-refractivity contribution in [2.24, 2.45) is 0 Å². The van der Waals surface area contributed by atoms with Crippen molar-refractivity contribution in [3.05, 3.63) is 58.1 Å². The third-order valence-corrected chi connectivity index (χ3v) is 5.01. The number of hydrogen-bond donors (Lipinski definition) is 1. The van der Waals surface area contributed by atoms with Crippen LogP contribution >= 0.6 is 11.3 Å². The number of thiophene rings is 1. The van der Waals surface area contributed by atoms with Crippen LogP contribution in [0.5, 0.6) is 0 Å². The smallest absolute Gasteiger partial charge is 0.227 e. The van der Waals surface area contributed by atoms with Crippen LogP contribution in [0.2, 0.25) is 0 Å². The predicted molar refractivity (Wildman–Crippen MR) is 96.2 cm³/mol. The van der Waals surface area contributed by atoms with Crippen LogP contribution in [0.4, 0.5) is 0 Å². The Kier molecular flexibility index (Phi) is 4.61. The number of carbonyl (C=O) groups is 1. The molecule has 1 amide bonds. The van der Waals surface area contributed by atoms with Gasteiger partial charge >= 0.3 is 0 Å². The van der Waals surface area contributed by atoms with Gasteiger partial charge in [0, 0.05) is 30.3 Å². The van der Waals surface area contributed by atoms with E-state index in [9.17, 15) is 4.79 Å². The van der Waals surface area contributed by atoms with E-state index in [0.717, 1.165) is 17.0 Å². The van der Waals surface area contributed by atoms with Crippen LogP contribution in [0.3, 0.4) is 0 Å². The first-order valence-electron chi connectivity index (χ1n) is 8.48. The Morgan fingerprint density at radius 2 is 2.08 bits per heavy atom. The van der Waals surface area contributed by atoms with Crippen molar-refractivity contribution in [2.45, 2.75) is 38.1 Å². The van der Waals surface area contributed by atoms with Gasteiger partial charge in [-0.1, -0.05) is 29.4 Å². The van der Waals surface area contributed by atoms with Gasteiger partial charge in [-0.25, -0.2) is 0 Å². The molecule has 5 nitrogen and oxygen atoms in total. The van der Waals surface area contributed by atoms with Crippen molar-refractivity contribution in [1.29, 1.82) is 0 Å². The molecule has 3 aromatic rings. The van der Waals surface area contributed by atoms with Gasteiger partial charge in [-0.3, -0.25) is 4.79 Å². The van der Waals surface area contributed by atoms with Crippen LogP contribution in [-0.4, -0.2) is 16.0 Å². The molecule has 0 unspecified atom stereocenters. The Labute approximate surface area is 150 Å². The minimum absolute atomic E-state index is 0.0125. The van der Waals surface area contributed by atoms with Crippen molar-refractivity contribution in [3.63, 3.8) is 0 Å². The first-order chi connectivity index (χ1) is 12.3. The number of rotatable bonds is 7. The molecule has 0 spiro atoms. The predicted octanol–water partition coefficient (Wildman–Crippen LogP) is 3.92. The number of amides is 1. The molecule has 1 saturated carbocycles. The highest BCUT2D eigenvalue weighted by molar-refractivity contribution is 7.08. The number of hydrogen-bond acceptors (Lipinski definition) is 5. The first-order valence-corrected chi connectivity index (χ1v) is 9.43. The van der Waals surface area contributed by atoms with Crippen LogP contribution in [0.15, 0.2) is 45.6 Å². The van der Waals surface area contributed by atoms with Crippen molar-refractivity contribution >= 4 is 17.2 Å². The van der Waals surface area contributed by atoms with Gasteiger partial charge in [0.1, 0.15) is 0 Å². The van der Waals surface area contributed by atoms with Gasteiger partial charge < -0.3 is 9.84 Å². The van der Waals surface area contributed by atoms with E-state index in [4.69, 9.17) is 4.52 Å². The maximum absolute atomic E-state index is 12.0. The second-order valence-corrected chi connectivity index (χ2v) is 7.10. The van der Waals surface area contributed by atoms with Crippen LogP contribution in [0, 0.1) is 0 Å². The molecule has 0 saturated heterocycles. The molecule has 1 N–H and O–H groups in total. The lowest BCUT2D eigenvalue weighted by Crippen LogP contribution is -2.23. The van der Waals surface area contributed by atoms with Gasteiger partial charge in [0.05, 0.1) is 0 Å². The molecule has 1 fully saturated rings. The minimum Gasteiger partial charge on any atom is -0.352 e. The summed E-state index contributed by atoms with van der Waals surface area (Å²) in [5.41, 5.74) is 3.47. The van der Waals surface area contributed by atoms with Gasteiger partial charge in [-0.2, -0.15) is 16.3 Å². The summed E-state index contributed by atoms with van der Waals surface area (Å²) in [7, 11) is 0. The fourth-order valence-corrected chi connectivity index (χ4v) is 3.33. The maximum atomic E-state index is 12.0. The largest absolute Gasteiger partial charge is 0.352 e. The van der Waals surface area contributed by atoms with Gasteiger partial charge in [-0.15, -0.1) is 0 Å². The van der Waals surface area contributed by atoms with E-state index < -0.39 is 0 Å². The summed E-state index contributed by atoms with van der Waals surface area (Å²) in [5.74, 6) is 1.82. The topological polar surface area (TPSA) is 68.0 Å². The molecule has 0 radical (unpaired) electrons. The molecule has 2 heterocycles. The number of benzene rings is 1. The Bertz CT molecular complexity index is 836. The Hall–Kier alpha value is -2.47. The van der Waals surface area contributed by atoms with E-state index >= 15 is 0 Å². The van der Waals surface area contributed by atoms with Crippen molar-refractivity contribution in [1.82, 2.24) is 15.5 Å². The number of nitrogens with one attached hydrogen (secondary N) is 1. The van der Waals surface area contributed by atoms with Gasteiger partial charge in [0.15, 0.2) is 0 Å². The van der Waals surface area contributed by atoms with Gasteiger partial charge in [-0.05, 0) is 41.3 Å². The fraction of sp³-hybridized carbons (Fsp3) is 0.316. The molecule has 6 heteroatoms. The van der Waals surface area contributed by atoms with E-state index in [2.05, 4.69) is 39.7 Å². The van der Waals surface area contributed by atoms with Crippen LogP contribution in [0.25, 0.3) is 11.4 Å². The molecule has 25 heavy (non-hydrogen) atoms. The molecule has 4 rings (SSSR count). The molecule has 1 aliphatic carbocycles. The normalized spacial score (nSPS) is 13.8. The summed E-state index contributed by atoms with van der Waals surface area (Å²) in [6.07, 6.45) is 3.40. The summed E-state index contributed by atoms with van der Waals surface area (Å²) >= 11 is 1.59. The molecule has 2 aromatic heterocycles. The molecular formula is C19H19N3O2S. The van der Waals surface area contributed by atoms with Crippen molar-refractivity contribution in [2.75, 3.05) is 0 Å². The van der Waals surface area contributed by atoms with Crippen LogP contribution < -0.4 is 5.32 Å². The van der Waals surface area contributed by atoms with Crippen molar-refractivity contribution < 1.29 is 9.32 Å². The van der Waals surface area contributed by atoms with E-state index in [1.807, 2.05) is 16.8 Å². The summed E-state index contributed by atoms with van der Waals surface area (Å²) < 4.78 is 5.21. The van der Waals surface area contributed by atoms with E-state index in [-0.39, 0.29) is 5.91 Å². The Morgan fingerprint density at radius 1 is 1.24 bits per heavy atom. The number of aryl methyl sites for hydroxylation is 1. The summed E-state index contributed by atoms with van der Waals surface area (Å²) in [6.45, 7) is 0.549. The van der Waals surface area contributed by atoms with Crippen LogP contribution in [-0.2, 0) is 17.8 Å². The standard InChI is InChI=1S/C19H19N3O2S/c23-17(20-11-13-1-3-14(4-2-13)15-5-6-15)7-8-18-21-19(22-24-18)16-9-10-25-12-16/h1-4,9-10,12,15H,5-8,11H2,(H,20,23). The van der Waals surface area contributed by atoms with E-state index in [1.165, 1.54) is 18.4 Å². The average molecular weight is 353 g/mol. The van der Waals surface area contributed by atoms with E-state index in [0.29, 0.717) is 31.1 Å². The molecule has 0 aliphatic heterocycles. The second-order valence-electron chi connectivity index (χ2n) is 6.32. The van der Waals surface area contributed by atoms with Crippen molar-refractivity contribution in [3.8, 4) is 11.4 Å². The maximum Gasteiger partial charge on any atom is 0.227 e. The Morgan fingerprint density at radius 3 is 2.80 bits per heavy atom. The first kappa shape index (κ1) is 16.0. The third kappa shape index (κ3) is 4.14. The Balaban J connectivity index is 1.23. The zero-order chi connectivity index (χ0) is 17.1. The van der Waals surface area contributed by atoms with Gasteiger partial charge in [0.25, 0.3) is 0 Å². The lowest BCUT2D eigenvalue weighted by molar-refractivity contribution is -0.121. The zero-order valence-electron chi connectivity index (χ0n) is 13.8. The number of nitrogens with zero attached hydrogens (tertiary/aromatic N) is 2. The third-order valence-electron chi connectivity index (χ3n) is 4.33. The zero-order valence-corrected chi connectivity index (χ0v) is 14.6. The molecule has 1 aliphatic rings. The molecular weight excluding hydrogens is 334 g/mol. The highest BCUT2D eigenvalue weighted by Crippen LogP contribution is 2.39. The molecule has 1 aromatic carbocycles. The quantitative estimate of drug-likeness (QED) is 0.699. The summed E-state index contributed by atoms with van der Waals surface area (Å²) in [4.78, 5) is 16.3. The monoisotopic (exact) mass is 353 g/mol. The van der Waals surface area contributed by atoms with Crippen LogP contribution in [0.1, 0.15) is 42.2 Å². The SMILES string of the molecule is O=C(CCc1nc(-c2ccsc2)no1)NCc1ccc(C2CC2)cc1. The molecule has 0 bridgehead atoms. The molecule has 128 valence electrons. The second kappa shape index (κ2) is 7.19.